The average Bonchev–Trinajstić information content (AvgIpc) is 2.83. The largest absolute Gasteiger partial charge is 0.422 e. The fraction of sp³-hybridized carbons (Fsp3) is 0. The van der Waals surface area contributed by atoms with Crippen molar-refractivity contribution in [1.29, 1.82) is 0 Å². The van der Waals surface area contributed by atoms with E-state index in [1.54, 1.807) is 18.2 Å². The first-order valence-corrected chi connectivity index (χ1v) is 6.67. The molecule has 0 radical (unpaired) electrons. The standard InChI is InChI=1S/C13H8Cl2O2S/c14-9-3-5-12(11(15)8-9)17-13(16)6-4-10-2-1-7-18-10/h1-8H/b6-4+. The van der Waals surface area contributed by atoms with Crippen LogP contribution in [0.25, 0.3) is 6.08 Å². The zero-order valence-corrected chi connectivity index (χ0v) is 11.4. The molecule has 0 N–H and O–H groups in total. The molecule has 92 valence electrons. The molecule has 0 aliphatic carbocycles. The number of ether oxygens (including phenoxy) is 1. The molecule has 2 nitrogen and oxygen atoms in total. The lowest BCUT2D eigenvalue weighted by Crippen LogP contribution is -2.03. The van der Waals surface area contributed by atoms with E-state index in [-0.39, 0.29) is 0 Å². The van der Waals surface area contributed by atoms with E-state index in [1.807, 2.05) is 17.5 Å². The molecule has 0 aliphatic rings. The number of hydrogen-bond acceptors (Lipinski definition) is 3. The fourth-order valence-electron chi connectivity index (χ4n) is 1.24. The fourth-order valence-corrected chi connectivity index (χ4v) is 2.30. The van der Waals surface area contributed by atoms with Gasteiger partial charge in [0.25, 0.3) is 0 Å². The molecule has 0 unspecified atom stereocenters. The highest BCUT2D eigenvalue weighted by molar-refractivity contribution is 7.10. The van der Waals surface area contributed by atoms with Crippen LogP contribution in [0.5, 0.6) is 5.75 Å². The Morgan fingerprint density at radius 3 is 2.78 bits per heavy atom. The van der Waals surface area contributed by atoms with Crippen LogP contribution in [-0.4, -0.2) is 5.97 Å². The number of esters is 1. The molecule has 5 heteroatoms. The molecule has 0 atom stereocenters. The molecule has 0 fully saturated rings. The van der Waals surface area contributed by atoms with Gasteiger partial charge in [0.05, 0.1) is 5.02 Å². The highest BCUT2D eigenvalue weighted by atomic mass is 35.5. The average molecular weight is 299 g/mol. The van der Waals surface area contributed by atoms with Crippen molar-refractivity contribution in [2.45, 2.75) is 0 Å². The Kier molecular flexibility index (Phi) is 4.42. The Morgan fingerprint density at radius 2 is 2.11 bits per heavy atom. The van der Waals surface area contributed by atoms with Gasteiger partial charge in [0.2, 0.25) is 0 Å². The minimum atomic E-state index is -0.479. The van der Waals surface area contributed by atoms with Crippen LogP contribution in [0.15, 0.2) is 41.8 Å². The maximum absolute atomic E-state index is 11.5. The lowest BCUT2D eigenvalue weighted by atomic mass is 10.3. The van der Waals surface area contributed by atoms with Crippen LogP contribution in [0.2, 0.25) is 10.0 Å². The normalized spacial score (nSPS) is 10.8. The maximum atomic E-state index is 11.5. The molecule has 0 amide bonds. The first-order chi connectivity index (χ1) is 8.65. The van der Waals surface area contributed by atoms with Gasteiger partial charge in [-0.2, -0.15) is 0 Å². The highest BCUT2D eigenvalue weighted by Crippen LogP contribution is 2.27. The Morgan fingerprint density at radius 1 is 1.28 bits per heavy atom. The summed E-state index contributed by atoms with van der Waals surface area (Å²) >= 11 is 13.2. The van der Waals surface area contributed by atoms with Crippen molar-refractivity contribution in [3.8, 4) is 5.75 Å². The molecule has 2 aromatic rings. The van der Waals surface area contributed by atoms with Crippen molar-refractivity contribution in [2.75, 3.05) is 0 Å². The van der Waals surface area contributed by atoms with Gasteiger partial charge in [0, 0.05) is 16.0 Å². The van der Waals surface area contributed by atoms with Crippen molar-refractivity contribution >= 4 is 46.6 Å². The van der Waals surface area contributed by atoms with E-state index in [1.165, 1.54) is 23.5 Å². The zero-order chi connectivity index (χ0) is 13.0. The lowest BCUT2D eigenvalue weighted by Gasteiger charge is -2.03. The van der Waals surface area contributed by atoms with Gasteiger partial charge < -0.3 is 4.74 Å². The van der Waals surface area contributed by atoms with Crippen molar-refractivity contribution < 1.29 is 9.53 Å². The topological polar surface area (TPSA) is 26.3 Å². The molecule has 18 heavy (non-hydrogen) atoms. The van der Waals surface area contributed by atoms with Gasteiger partial charge in [-0.25, -0.2) is 4.79 Å². The number of rotatable bonds is 3. The summed E-state index contributed by atoms with van der Waals surface area (Å²) in [5.41, 5.74) is 0. The van der Waals surface area contributed by atoms with Gasteiger partial charge >= 0.3 is 5.97 Å². The van der Waals surface area contributed by atoms with Crippen LogP contribution < -0.4 is 4.74 Å². The second-order valence-electron chi connectivity index (χ2n) is 3.34. The molecular formula is C13H8Cl2O2S. The van der Waals surface area contributed by atoms with Crippen LogP contribution in [0, 0.1) is 0 Å². The summed E-state index contributed by atoms with van der Waals surface area (Å²) < 4.78 is 5.09. The molecule has 2 rings (SSSR count). The second-order valence-corrected chi connectivity index (χ2v) is 5.17. The van der Waals surface area contributed by atoms with E-state index < -0.39 is 5.97 Å². The highest BCUT2D eigenvalue weighted by Gasteiger charge is 2.06. The van der Waals surface area contributed by atoms with Crippen LogP contribution in [-0.2, 0) is 4.79 Å². The summed E-state index contributed by atoms with van der Waals surface area (Å²) in [5.74, 6) is -0.186. The van der Waals surface area contributed by atoms with Gasteiger partial charge in [0.15, 0.2) is 0 Å². The molecule has 0 bridgehead atoms. The summed E-state index contributed by atoms with van der Waals surface area (Å²) in [6.07, 6.45) is 3.05. The van der Waals surface area contributed by atoms with Gasteiger partial charge in [-0.3, -0.25) is 0 Å². The van der Waals surface area contributed by atoms with Gasteiger partial charge in [-0.15, -0.1) is 11.3 Å². The molecule has 1 heterocycles. The molecule has 0 spiro atoms. The maximum Gasteiger partial charge on any atom is 0.336 e. The van der Waals surface area contributed by atoms with E-state index in [4.69, 9.17) is 27.9 Å². The number of carbonyl (C=O) groups excluding carboxylic acids is 1. The molecule has 0 saturated carbocycles. The van der Waals surface area contributed by atoms with Gasteiger partial charge in [0.1, 0.15) is 5.75 Å². The third-order valence-corrected chi connectivity index (χ3v) is 3.40. The Labute approximate surface area is 118 Å². The predicted octanol–water partition coefficient (Wildman–Crippen LogP) is 4.67. The first kappa shape index (κ1) is 13.1. The molecule has 0 aliphatic heterocycles. The second kappa shape index (κ2) is 6.05. The summed E-state index contributed by atoms with van der Waals surface area (Å²) in [4.78, 5) is 12.5. The van der Waals surface area contributed by atoms with Crippen molar-refractivity contribution in [1.82, 2.24) is 0 Å². The minimum Gasteiger partial charge on any atom is -0.422 e. The smallest absolute Gasteiger partial charge is 0.336 e. The van der Waals surface area contributed by atoms with E-state index >= 15 is 0 Å². The SMILES string of the molecule is O=C(/C=C/c1cccs1)Oc1ccc(Cl)cc1Cl. The zero-order valence-electron chi connectivity index (χ0n) is 9.10. The van der Waals surface area contributed by atoms with Crippen LogP contribution in [0.1, 0.15) is 4.88 Å². The quantitative estimate of drug-likeness (QED) is 0.467. The number of thiophene rings is 1. The number of hydrogen-bond donors (Lipinski definition) is 0. The van der Waals surface area contributed by atoms with Crippen LogP contribution in [0.4, 0.5) is 0 Å². The number of halogens is 2. The molecule has 1 aromatic heterocycles. The van der Waals surface area contributed by atoms with Crippen molar-refractivity contribution in [3.63, 3.8) is 0 Å². The van der Waals surface area contributed by atoms with Crippen LogP contribution in [0.3, 0.4) is 0 Å². The number of carbonyl (C=O) groups is 1. The third kappa shape index (κ3) is 3.60. The van der Waals surface area contributed by atoms with Crippen LogP contribution >= 0.6 is 34.5 Å². The molecule has 0 saturated heterocycles. The van der Waals surface area contributed by atoms with E-state index in [0.29, 0.717) is 15.8 Å². The van der Waals surface area contributed by atoms with E-state index in [0.717, 1.165) is 4.88 Å². The number of benzene rings is 1. The summed E-state index contributed by atoms with van der Waals surface area (Å²) in [6, 6.07) is 8.50. The first-order valence-electron chi connectivity index (χ1n) is 5.03. The third-order valence-electron chi connectivity index (χ3n) is 2.03. The Hall–Kier alpha value is -1.29. The van der Waals surface area contributed by atoms with E-state index in [9.17, 15) is 4.79 Å². The summed E-state index contributed by atoms with van der Waals surface area (Å²) in [7, 11) is 0. The van der Waals surface area contributed by atoms with E-state index in [2.05, 4.69) is 0 Å². The molecular weight excluding hydrogens is 291 g/mol. The van der Waals surface area contributed by atoms with Gasteiger partial charge in [-0.1, -0.05) is 29.3 Å². The molecule has 1 aromatic carbocycles. The predicted molar refractivity (Wildman–Crippen MR) is 75.5 cm³/mol. The van der Waals surface area contributed by atoms with Crippen molar-refractivity contribution in [2.24, 2.45) is 0 Å². The minimum absolute atomic E-state index is 0.293. The summed E-state index contributed by atoms with van der Waals surface area (Å²) in [5, 5.41) is 2.73. The summed E-state index contributed by atoms with van der Waals surface area (Å²) in [6.45, 7) is 0. The lowest BCUT2D eigenvalue weighted by molar-refractivity contribution is -0.128. The Balaban J connectivity index is 2.03. The Bertz CT molecular complexity index is 577. The van der Waals surface area contributed by atoms with Gasteiger partial charge in [-0.05, 0) is 35.7 Å². The monoisotopic (exact) mass is 298 g/mol. The van der Waals surface area contributed by atoms with Crippen molar-refractivity contribution in [3.05, 3.63) is 56.7 Å².